The number of carbonyl (C=O) groups excluding carboxylic acids is 1. The van der Waals surface area contributed by atoms with Gasteiger partial charge in [0.2, 0.25) is 5.91 Å². The maximum atomic E-state index is 14.5. The number of carbonyl (C=O) groups is 1. The zero-order valence-electron chi connectivity index (χ0n) is 16.4. The highest BCUT2D eigenvalue weighted by atomic mass is 35.5. The number of rotatable bonds is 4. The maximum Gasteiger partial charge on any atom is 0.227 e. The highest BCUT2D eigenvalue weighted by Crippen LogP contribution is 2.35. The number of hydrogen-bond donors (Lipinski definition) is 0. The standard InChI is InChI=1S/C24H18ClF2N3O/c25-17-6-5-8-18(26)16(17)14-30-22-11-4-2-9-20(22)28-24(30)15-12-23(31)29(13-15)21-10-3-1-7-19(21)27/h1-11,15H,12-14H2/t15-/m0/s1. The summed E-state index contributed by atoms with van der Waals surface area (Å²) >= 11 is 6.28. The minimum Gasteiger partial charge on any atom is -0.323 e. The van der Waals surface area contributed by atoms with E-state index in [9.17, 15) is 13.6 Å². The van der Waals surface area contributed by atoms with Crippen molar-refractivity contribution in [2.45, 2.75) is 18.9 Å². The van der Waals surface area contributed by atoms with Crippen molar-refractivity contribution in [1.82, 2.24) is 9.55 Å². The van der Waals surface area contributed by atoms with Crippen LogP contribution in [0.2, 0.25) is 5.02 Å². The van der Waals surface area contributed by atoms with Crippen molar-refractivity contribution in [3.05, 3.63) is 94.8 Å². The van der Waals surface area contributed by atoms with E-state index in [0.717, 1.165) is 11.0 Å². The molecule has 0 radical (unpaired) electrons. The Bertz CT molecular complexity index is 1280. The molecule has 0 saturated carbocycles. The van der Waals surface area contributed by atoms with Gasteiger partial charge >= 0.3 is 0 Å². The summed E-state index contributed by atoms with van der Waals surface area (Å²) in [5.41, 5.74) is 2.20. The van der Waals surface area contributed by atoms with Crippen molar-refractivity contribution in [3.63, 3.8) is 0 Å². The van der Waals surface area contributed by atoms with E-state index in [1.807, 2.05) is 28.8 Å². The van der Waals surface area contributed by atoms with Gasteiger partial charge in [-0.3, -0.25) is 4.79 Å². The van der Waals surface area contributed by atoms with Crippen molar-refractivity contribution in [3.8, 4) is 0 Å². The second-order valence-electron chi connectivity index (χ2n) is 7.60. The van der Waals surface area contributed by atoms with Gasteiger partial charge in [0.25, 0.3) is 0 Å². The Kier molecular flexibility index (Phi) is 4.94. The number of benzene rings is 3. The van der Waals surface area contributed by atoms with Crippen LogP contribution in [0.3, 0.4) is 0 Å². The molecule has 1 aliphatic heterocycles. The number of aromatic nitrogens is 2. The van der Waals surface area contributed by atoms with Crippen molar-refractivity contribution in [1.29, 1.82) is 0 Å². The molecule has 4 aromatic rings. The average molecular weight is 438 g/mol. The fraction of sp³-hybridized carbons (Fsp3) is 0.167. The largest absolute Gasteiger partial charge is 0.323 e. The molecule has 1 aliphatic rings. The summed E-state index contributed by atoms with van der Waals surface area (Å²) in [6.45, 7) is 0.486. The van der Waals surface area contributed by atoms with E-state index in [4.69, 9.17) is 16.6 Å². The van der Waals surface area contributed by atoms with Crippen molar-refractivity contribution >= 4 is 34.2 Å². The topological polar surface area (TPSA) is 38.1 Å². The predicted molar refractivity (Wildman–Crippen MR) is 116 cm³/mol. The predicted octanol–water partition coefficient (Wildman–Crippen LogP) is 5.54. The summed E-state index contributed by atoms with van der Waals surface area (Å²) in [6, 6.07) is 18.4. The highest BCUT2D eigenvalue weighted by Gasteiger charge is 2.36. The van der Waals surface area contributed by atoms with Gasteiger partial charge in [-0.05, 0) is 36.4 Å². The SMILES string of the molecule is O=C1C[C@H](c2nc3ccccc3n2Cc2c(F)cccc2Cl)CN1c1ccccc1F. The van der Waals surface area contributed by atoms with Crippen LogP contribution in [0.4, 0.5) is 14.5 Å². The molecule has 0 aliphatic carbocycles. The Balaban J connectivity index is 1.57. The van der Waals surface area contributed by atoms with Crippen LogP contribution >= 0.6 is 11.6 Å². The molecule has 0 bridgehead atoms. The Hall–Kier alpha value is -3.25. The van der Waals surface area contributed by atoms with Crippen LogP contribution in [-0.2, 0) is 11.3 Å². The molecule has 5 rings (SSSR count). The molecule has 0 unspecified atom stereocenters. The zero-order chi connectivity index (χ0) is 21.5. The molecule has 1 aromatic heterocycles. The van der Waals surface area contributed by atoms with Gasteiger partial charge in [0.1, 0.15) is 17.5 Å². The lowest BCUT2D eigenvalue weighted by Crippen LogP contribution is -2.25. The van der Waals surface area contributed by atoms with E-state index in [1.54, 1.807) is 30.3 Å². The molecule has 7 heteroatoms. The minimum atomic E-state index is -0.442. The van der Waals surface area contributed by atoms with E-state index in [1.165, 1.54) is 17.0 Å². The van der Waals surface area contributed by atoms with Gasteiger partial charge < -0.3 is 9.47 Å². The smallest absolute Gasteiger partial charge is 0.227 e. The average Bonchev–Trinajstić information content (AvgIpc) is 3.32. The molecule has 2 heterocycles. The number of anilines is 1. The first-order valence-electron chi connectivity index (χ1n) is 9.96. The van der Waals surface area contributed by atoms with Crippen LogP contribution in [0.15, 0.2) is 66.7 Å². The highest BCUT2D eigenvalue weighted by molar-refractivity contribution is 6.31. The normalized spacial score (nSPS) is 16.4. The monoisotopic (exact) mass is 437 g/mol. The van der Waals surface area contributed by atoms with Gasteiger partial charge in [-0.1, -0.05) is 41.9 Å². The number of halogens is 3. The lowest BCUT2D eigenvalue weighted by molar-refractivity contribution is -0.117. The van der Waals surface area contributed by atoms with Crippen LogP contribution in [0, 0.1) is 11.6 Å². The molecule has 31 heavy (non-hydrogen) atoms. The molecule has 1 saturated heterocycles. The third kappa shape index (κ3) is 3.47. The molecule has 0 spiro atoms. The van der Waals surface area contributed by atoms with E-state index in [-0.39, 0.29) is 30.5 Å². The summed E-state index contributed by atoms with van der Waals surface area (Å²) in [6.07, 6.45) is 0.197. The lowest BCUT2D eigenvalue weighted by Gasteiger charge is -2.18. The van der Waals surface area contributed by atoms with Gasteiger partial charge in [0, 0.05) is 29.5 Å². The van der Waals surface area contributed by atoms with Crippen molar-refractivity contribution in [2.24, 2.45) is 0 Å². The summed E-state index contributed by atoms with van der Waals surface area (Å²) in [5, 5.41) is 0.333. The number of fused-ring (bicyclic) bond motifs is 1. The van der Waals surface area contributed by atoms with Crippen molar-refractivity contribution in [2.75, 3.05) is 11.4 Å². The third-order valence-electron chi connectivity index (χ3n) is 5.70. The Labute approximate surface area is 182 Å². The fourth-order valence-electron chi connectivity index (χ4n) is 4.20. The molecule has 1 amide bonds. The summed E-state index contributed by atoms with van der Waals surface area (Å²) in [7, 11) is 0. The van der Waals surface area contributed by atoms with E-state index in [0.29, 0.717) is 23.0 Å². The molecule has 3 aromatic carbocycles. The quantitative estimate of drug-likeness (QED) is 0.420. The number of amides is 1. The Morgan fingerprint density at radius 1 is 0.968 bits per heavy atom. The van der Waals surface area contributed by atoms with E-state index < -0.39 is 11.6 Å². The number of imidazole rings is 1. The molecular weight excluding hydrogens is 420 g/mol. The Morgan fingerprint density at radius 3 is 2.52 bits per heavy atom. The Morgan fingerprint density at radius 2 is 1.71 bits per heavy atom. The lowest BCUT2D eigenvalue weighted by atomic mass is 10.1. The summed E-state index contributed by atoms with van der Waals surface area (Å²) in [5.74, 6) is -0.606. The fourth-order valence-corrected chi connectivity index (χ4v) is 4.42. The molecule has 1 atom stereocenters. The minimum absolute atomic E-state index is 0.169. The van der Waals surface area contributed by atoms with Gasteiger partial charge in [-0.15, -0.1) is 0 Å². The van der Waals surface area contributed by atoms with Gasteiger partial charge in [-0.2, -0.15) is 0 Å². The van der Waals surface area contributed by atoms with Crippen LogP contribution < -0.4 is 4.90 Å². The molecule has 1 fully saturated rings. The van der Waals surface area contributed by atoms with Gasteiger partial charge in [0.05, 0.1) is 23.3 Å². The van der Waals surface area contributed by atoms with E-state index >= 15 is 0 Å². The summed E-state index contributed by atoms with van der Waals surface area (Å²) in [4.78, 5) is 19.0. The first-order valence-corrected chi connectivity index (χ1v) is 10.3. The van der Waals surface area contributed by atoms with E-state index in [2.05, 4.69) is 0 Å². The molecule has 156 valence electrons. The summed E-state index contributed by atoms with van der Waals surface area (Å²) < 4.78 is 30.7. The van der Waals surface area contributed by atoms with Gasteiger partial charge in [0.15, 0.2) is 0 Å². The number of hydrogen-bond acceptors (Lipinski definition) is 2. The number of para-hydroxylation sites is 3. The third-order valence-corrected chi connectivity index (χ3v) is 6.05. The van der Waals surface area contributed by atoms with Crippen molar-refractivity contribution < 1.29 is 13.6 Å². The molecule has 4 nitrogen and oxygen atoms in total. The van der Waals surface area contributed by atoms with Crippen LogP contribution in [0.5, 0.6) is 0 Å². The zero-order valence-corrected chi connectivity index (χ0v) is 17.2. The van der Waals surface area contributed by atoms with Crippen LogP contribution in [0.25, 0.3) is 11.0 Å². The van der Waals surface area contributed by atoms with Gasteiger partial charge in [-0.25, -0.2) is 13.8 Å². The van der Waals surface area contributed by atoms with Crippen LogP contribution in [0.1, 0.15) is 23.7 Å². The first kappa shape index (κ1) is 19.7. The molecule has 0 N–H and O–H groups in total. The molecular formula is C24H18ClF2N3O. The maximum absolute atomic E-state index is 14.5. The second-order valence-corrected chi connectivity index (χ2v) is 8.01. The number of nitrogens with zero attached hydrogens (tertiary/aromatic N) is 3. The second kappa shape index (κ2) is 7.78. The first-order chi connectivity index (χ1) is 15.0. The van der Waals surface area contributed by atoms with Crippen LogP contribution in [-0.4, -0.2) is 22.0 Å².